The number of hydrogen-bond acceptors (Lipinski definition) is 2. The Kier molecular flexibility index (Phi) is 4.81. The Labute approximate surface area is 113 Å². The quantitative estimate of drug-likeness (QED) is 0.864. The fourth-order valence-electron chi connectivity index (χ4n) is 1.23. The number of aryl methyl sites for hydroxylation is 1. The summed E-state index contributed by atoms with van der Waals surface area (Å²) in [5.41, 5.74) is 5.93. The maximum Gasteiger partial charge on any atom is 0.401 e. The molecule has 0 aliphatic rings. The van der Waals surface area contributed by atoms with Crippen LogP contribution in [0.15, 0.2) is 18.2 Å². The van der Waals surface area contributed by atoms with Crippen LogP contribution in [0.25, 0.3) is 0 Å². The van der Waals surface area contributed by atoms with Crippen LogP contribution in [0.2, 0.25) is 5.02 Å². The molecule has 7 heteroatoms. The molecule has 1 unspecified atom stereocenters. The second kappa shape index (κ2) is 5.75. The summed E-state index contributed by atoms with van der Waals surface area (Å²) in [7, 11) is 0. The Morgan fingerprint density at radius 2 is 2.11 bits per heavy atom. The smallest absolute Gasteiger partial charge is 0.401 e. The Morgan fingerprint density at radius 3 is 2.56 bits per heavy atom. The molecule has 0 saturated carbocycles. The monoisotopic (exact) mass is 297 g/mol. The zero-order valence-electron chi connectivity index (χ0n) is 9.42. The number of ether oxygens (including phenoxy) is 1. The molecule has 18 heavy (non-hydrogen) atoms. The van der Waals surface area contributed by atoms with E-state index in [1.165, 1.54) is 6.07 Å². The lowest BCUT2D eigenvalue weighted by molar-refractivity contribution is -0.161. The van der Waals surface area contributed by atoms with Gasteiger partial charge in [-0.2, -0.15) is 13.2 Å². The summed E-state index contributed by atoms with van der Waals surface area (Å²) in [5.74, 6) is -1.81. The van der Waals surface area contributed by atoms with Crippen LogP contribution < -0.4 is 10.5 Å². The molecule has 0 bridgehead atoms. The van der Waals surface area contributed by atoms with Gasteiger partial charge in [0.2, 0.25) is 0 Å². The van der Waals surface area contributed by atoms with E-state index >= 15 is 0 Å². The average Bonchev–Trinajstić information content (AvgIpc) is 2.18. The number of hydrogen-bond donors (Lipinski definition) is 1. The molecule has 0 amide bonds. The van der Waals surface area contributed by atoms with Crippen molar-refractivity contribution >= 4 is 28.8 Å². The van der Waals surface area contributed by atoms with Gasteiger partial charge in [0.1, 0.15) is 18.3 Å². The van der Waals surface area contributed by atoms with Crippen LogP contribution in [-0.2, 0) is 0 Å². The molecular weight excluding hydrogens is 287 g/mol. The summed E-state index contributed by atoms with van der Waals surface area (Å²) in [4.78, 5) is -0.647. The highest BCUT2D eigenvalue weighted by atomic mass is 35.5. The molecule has 2 N–H and O–H groups in total. The normalized spacial score (nSPS) is 13.2. The summed E-state index contributed by atoms with van der Waals surface area (Å²) in [6, 6.07) is 4.79. The van der Waals surface area contributed by atoms with Gasteiger partial charge in [0.15, 0.2) is 0 Å². The largest absolute Gasteiger partial charge is 0.491 e. The van der Waals surface area contributed by atoms with Gasteiger partial charge in [0.25, 0.3) is 0 Å². The fourth-order valence-corrected chi connectivity index (χ4v) is 1.73. The van der Waals surface area contributed by atoms with Crippen molar-refractivity contribution in [2.24, 2.45) is 11.7 Å². The van der Waals surface area contributed by atoms with Crippen LogP contribution in [0.5, 0.6) is 5.75 Å². The number of nitrogens with two attached hydrogens (primary N) is 1. The van der Waals surface area contributed by atoms with Crippen LogP contribution in [0.1, 0.15) is 5.56 Å². The zero-order chi connectivity index (χ0) is 13.9. The van der Waals surface area contributed by atoms with Crippen molar-refractivity contribution in [1.82, 2.24) is 0 Å². The van der Waals surface area contributed by atoms with Crippen molar-refractivity contribution in [1.29, 1.82) is 0 Å². The molecule has 0 aromatic heterocycles. The maximum atomic E-state index is 12.6. The van der Waals surface area contributed by atoms with Crippen molar-refractivity contribution in [3.8, 4) is 5.75 Å². The molecule has 0 heterocycles. The topological polar surface area (TPSA) is 35.2 Å². The third-order valence-corrected chi connectivity index (χ3v) is 2.81. The molecule has 0 spiro atoms. The third-order valence-electron chi connectivity index (χ3n) is 2.23. The van der Waals surface area contributed by atoms with E-state index in [2.05, 4.69) is 12.2 Å². The Hall–Kier alpha value is -1.01. The number of benzene rings is 1. The molecule has 0 fully saturated rings. The van der Waals surface area contributed by atoms with Gasteiger partial charge >= 0.3 is 6.18 Å². The summed E-state index contributed by atoms with van der Waals surface area (Å²) < 4.78 is 42.7. The molecule has 100 valence electrons. The van der Waals surface area contributed by atoms with E-state index in [4.69, 9.17) is 22.1 Å². The molecular formula is C11H11ClF3NOS. The van der Waals surface area contributed by atoms with Gasteiger partial charge in [-0.1, -0.05) is 29.9 Å². The van der Waals surface area contributed by atoms with Gasteiger partial charge in [0, 0.05) is 0 Å². The number of halogens is 4. The summed E-state index contributed by atoms with van der Waals surface area (Å²) in [6.45, 7) is 1.13. The van der Waals surface area contributed by atoms with Crippen LogP contribution in [0.4, 0.5) is 13.2 Å². The van der Waals surface area contributed by atoms with Crippen molar-refractivity contribution in [2.45, 2.75) is 13.1 Å². The van der Waals surface area contributed by atoms with Crippen molar-refractivity contribution in [3.05, 3.63) is 28.8 Å². The first kappa shape index (κ1) is 15.0. The lowest BCUT2D eigenvalue weighted by Crippen LogP contribution is -2.38. The first-order valence-corrected chi connectivity index (χ1v) is 5.75. The van der Waals surface area contributed by atoms with Gasteiger partial charge in [-0.05, 0) is 24.6 Å². The van der Waals surface area contributed by atoms with E-state index < -0.39 is 23.7 Å². The Balaban J connectivity index is 2.77. The van der Waals surface area contributed by atoms with E-state index in [-0.39, 0.29) is 10.8 Å². The summed E-state index contributed by atoms with van der Waals surface area (Å²) in [5, 5.41) is 0.249. The van der Waals surface area contributed by atoms with Crippen LogP contribution in [-0.4, -0.2) is 17.8 Å². The predicted octanol–water partition coefficient (Wildman–Crippen LogP) is 3.49. The molecule has 1 rings (SSSR count). The van der Waals surface area contributed by atoms with E-state index in [0.717, 1.165) is 5.56 Å². The highest BCUT2D eigenvalue weighted by Gasteiger charge is 2.42. The average molecular weight is 298 g/mol. The van der Waals surface area contributed by atoms with Crippen LogP contribution >= 0.6 is 23.8 Å². The van der Waals surface area contributed by atoms with Crippen LogP contribution in [0.3, 0.4) is 0 Å². The Bertz CT molecular complexity index is 450. The molecule has 0 saturated heterocycles. The number of alkyl halides is 3. The van der Waals surface area contributed by atoms with Crippen molar-refractivity contribution in [3.63, 3.8) is 0 Å². The number of thiocarbonyl (C=S) groups is 1. The van der Waals surface area contributed by atoms with E-state index in [1.807, 2.05) is 6.92 Å². The first-order chi connectivity index (χ1) is 8.21. The third kappa shape index (κ3) is 4.03. The minimum absolute atomic E-state index is 0.174. The lowest BCUT2D eigenvalue weighted by atomic mass is 10.1. The second-order valence-corrected chi connectivity index (χ2v) is 4.62. The molecule has 1 aromatic rings. The van der Waals surface area contributed by atoms with E-state index in [1.54, 1.807) is 12.1 Å². The molecule has 0 radical (unpaired) electrons. The standard InChI is InChI=1S/C11H11ClF3NOS/c1-6-2-3-9(8(12)4-6)17-5-7(10(16)18)11(13,14)15/h2-4,7H,5H2,1H3,(H2,16,18). The zero-order valence-corrected chi connectivity index (χ0v) is 11.0. The van der Waals surface area contributed by atoms with Gasteiger partial charge in [0.05, 0.1) is 10.0 Å². The molecule has 0 aliphatic carbocycles. The van der Waals surface area contributed by atoms with Gasteiger partial charge in [-0.25, -0.2) is 0 Å². The highest BCUT2D eigenvalue weighted by Crippen LogP contribution is 2.30. The number of rotatable bonds is 4. The molecule has 1 aromatic carbocycles. The Morgan fingerprint density at radius 1 is 1.50 bits per heavy atom. The first-order valence-electron chi connectivity index (χ1n) is 4.97. The summed E-state index contributed by atoms with van der Waals surface area (Å²) in [6.07, 6.45) is -4.52. The van der Waals surface area contributed by atoms with Gasteiger partial charge in [-0.3, -0.25) is 0 Å². The van der Waals surface area contributed by atoms with E-state index in [9.17, 15) is 13.2 Å². The molecule has 1 atom stereocenters. The lowest BCUT2D eigenvalue weighted by Gasteiger charge is -2.19. The van der Waals surface area contributed by atoms with Gasteiger partial charge < -0.3 is 10.5 Å². The molecule has 0 aliphatic heterocycles. The van der Waals surface area contributed by atoms with Crippen molar-refractivity contribution < 1.29 is 17.9 Å². The van der Waals surface area contributed by atoms with Crippen molar-refractivity contribution in [2.75, 3.05) is 6.61 Å². The predicted molar refractivity (Wildman–Crippen MR) is 68.0 cm³/mol. The maximum absolute atomic E-state index is 12.6. The highest BCUT2D eigenvalue weighted by molar-refractivity contribution is 7.80. The van der Waals surface area contributed by atoms with Gasteiger partial charge in [-0.15, -0.1) is 0 Å². The second-order valence-electron chi connectivity index (χ2n) is 3.74. The molecule has 2 nitrogen and oxygen atoms in total. The summed E-state index contributed by atoms with van der Waals surface area (Å²) >= 11 is 10.2. The fraction of sp³-hybridized carbons (Fsp3) is 0.364. The SMILES string of the molecule is Cc1ccc(OCC(C(N)=S)C(F)(F)F)c(Cl)c1. The minimum atomic E-state index is -4.52. The van der Waals surface area contributed by atoms with Crippen LogP contribution in [0, 0.1) is 12.8 Å². The minimum Gasteiger partial charge on any atom is -0.491 e. The van der Waals surface area contributed by atoms with E-state index in [0.29, 0.717) is 0 Å².